The fraction of sp³-hybridized carbons (Fsp3) is 0.500. The highest BCUT2D eigenvalue weighted by Gasteiger charge is 2.35. The highest BCUT2D eigenvalue weighted by molar-refractivity contribution is 5.94. The minimum absolute atomic E-state index is 0.186. The Morgan fingerprint density at radius 3 is 2.47 bits per heavy atom. The summed E-state index contributed by atoms with van der Waals surface area (Å²) in [5, 5.41) is 2.20. The fourth-order valence-electron chi connectivity index (χ4n) is 0.583. The maximum Gasteiger partial charge on any atom is 0.454 e. The molecule has 0 aliphatic carbocycles. The van der Waals surface area contributed by atoms with Crippen LogP contribution in [0.25, 0.3) is 0 Å². The van der Waals surface area contributed by atoms with Crippen molar-refractivity contribution in [2.45, 2.75) is 13.1 Å². The number of alkyl halides is 3. The smallest absolute Gasteiger partial charge is 0.454 e. The van der Waals surface area contributed by atoms with E-state index in [1.54, 1.807) is 6.92 Å². The third kappa shape index (κ3) is 6.53. The molecule has 0 atom stereocenters. The molecule has 0 aliphatic heterocycles. The zero-order chi connectivity index (χ0) is 11.9. The number of hydrogen-bond acceptors (Lipinski definition) is 4. The van der Waals surface area contributed by atoms with Crippen LogP contribution in [0.4, 0.5) is 13.2 Å². The Morgan fingerprint density at radius 2 is 2.00 bits per heavy atom. The molecule has 7 heteroatoms. The van der Waals surface area contributed by atoms with Crippen LogP contribution in [0.3, 0.4) is 0 Å². The minimum atomic E-state index is -4.89. The summed E-state index contributed by atoms with van der Waals surface area (Å²) in [7, 11) is 0. The summed E-state index contributed by atoms with van der Waals surface area (Å²) in [5.41, 5.74) is 0. The molecule has 0 bridgehead atoms. The molecule has 0 fully saturated rings. The van der Waals surface area contributed by atoms with Crippen molar-refractivity contribution < 1.29 is 27.5 Å². The molecule has 0 radical (unpaired) electrons. The molecular weight excluding hydrogens is 215 g/mol. The number of carbonyl (C=O) groups excluding carboxylic acids is 2. The van der Waals surface area contributed by atoms with Crippen molar-refractivity contribution >= 4 is 11.8 Å². The molecule has 4 nitrogen and oxygen atoms in total. The lowest BCUT2D eigenvalue weighted by atomic mass is 10.4. The Balaban J connectivity index is 3.82. The monoisotopic (exact) mass is 225 g/mol. The van der Waals surface area contributed by atoms with Crippen molar-refractivity contribution in [1.29, 1.82) is 0 Å². The summed E-state index contributed by atoms with van der Waals surface area (Å²) < 4.78 is 39.4. The van der Waals surface area contributed by atoms with E-state index in [9.17, 15) is 22.8 Å². The molecule has 86 valence electrons. The largest absolute Gasteiger partial charge is 0.465 e. The van der Waals surface area contributed by atoms with Crippen molar-refractivity contribution in [2.75, 3.05) is 13.2 Å². The van der Waals surface area contributed by atoms with Crippen LogP contribution in [0, 0.1) is 0 Å². The van der Waals surface area contributed by atoms with Crippen molar-refractivity contribution in [3.8, 4) is 0 Å². The first-order valence-electron chi connectivity index (χ1n) is 4.04. The van der Waals surface area contributed by atoms with Crippen LogP contribution in [-0.2, 0) is 14.3 Å². The highest BCUT2D eigenvalue weighted by Crippen LogP contribution is 2.15. The topological polar surface area (TPSA) is 55.4 Å². The van der Waals surface area contributed by atoms with Gasteiger partial charge in [-0.3, -0.25) is 9.59 Å². The Hall–Kier alpha value is -1.53. The first-order valence-corrected chi connectivity index (χ1v) is 4.04. The molecule has 0 aromatic carbocycles. The molecule has 0 saturated heterocycles. The first kappa shape index (κ1) is 13.5. The third-order valence-corrected chi connectivity index (χ3v) is 1.18. The van der Waals surface area contributed by atoms with E-state index in [0.29, 0.717) is 6.08 Å². The van der Waals surface area contributed by atoms with Gasteiger partial charge >= 0.3 is 12.1 Å². The van der Waals surface area contributed by atoms with Gasteiger partial charge in [-0.2, -0.15) is 13.2 Å². The molecule has 0 amide bonds. The number of nitrogens with one attached hydrogen (secondary N) is 1. The van der Waals surface area contributed by atoms with Gasteiger partial charge in [-0.25, -0.2) is 0 Å². The van der Waals surface area contributed by atoms with Crippen molar-refractivity contribution in [1.82, 2.24) is 5.32 Å². The van der Waals surface area contributed by atoms with Crippen LogP contribution < -0.4 is 5.32 Å². The van der Waals surface area contributed by atoms with Gasteiger partial charge in [0.05, 0.1) is 6.61 Å². The predicted molar refractivity (Wildman–Crippen MR) is 44.8 cm³/mol. The summed E-state index contributed by atoms with van der Waals surface area (Å²) >= 11 is 0. The molecular formula is C8H10F3NO3. The van der Waals surface area contributed by atoms with E-state index in [1.165, 1.54) is 0 Å². The average molecular weight is 225 g/mol. The van der Waals surface area contributed by atoms with Crippen molar-refractivity contribution in [2.24, 2.45) is 0 Å². The number of ether oxygens (including phenoxy) is 1. The molecule has 0 aliphatic rings. The van der Waals surface area contributed by atoms with Crippen molar-refractivity contribution in [3.05, 3.63) is 12.3 Å². The average Bonchev–Trinajstić information content (AvgIpc) is 2.11. The predicted octanol–water partition coefficient (Wildman–Crippen LogP) is 0.784. The van der Waals surface area contributed by atoms with E-state index in [-0.39, 0.29) is 13.2 Å². The molecule has 15 heavy (non-hydrogen) atoms. The van der Waals surface area contributed by atoms with Gasteiger partial charge in [-0.15, -0.1) is 0 Å². The minimum Gasteiger partial charge on any atom is -0.465 e. The molecule has 0 rings (SSSR count). The molecule has 0 aromatic rings. The number of carbonyl (C=O) groups is 2. The Labute approximate surface area is 84.1 Å². The summed E-state index contributed by atoms with van der Waals surface area (Å²) in [4.78, 5) is 20.9. The van der Waals surface area contributed by atoms with Gasteiger partial charge in [0, 0.05) is 12.3 Å². The third-order valence-electron chi connectivity index (χ3n) is 1.18. The fourth-order valence-corrected chi connectivity index (χ4v) is 0.583. The zero-order valence-electron chi connectivity index (χ0n) is 7.93. The van der Waals surface area contributed by atoms with E-state index in [1.807, 2.05) is 0 Å². The van der Waals surface area contributed by atoms with Gasteiger partial charge in [-0.1, -0.05) is 0 Å². The first-order chi connectivity index (χ1) is 6.88. The van der Waals surface area contributed by atoms with E-state index in [2.05, 4.69) is 10.1 Å². The molecule has 0 unspecified atom stereocenters. The van der Waals surface area contributed by atoms with E-state index in [4.69, 9.17) is 0 Å². The van der Waals surface area contributed by atoms with Crippen molar-refractivity contribution in [3.63, 3.8) is 0 Å². The second-order valence-corrected chi connectivity index (χ2v) is 2.38. The zero-order valence-corrected chi connectivity index (χ0v) is 7.93. The summed E-state index contributed by atoms with van der Waals surface area (Å²) in [6.45, 7) is 1.50. The summed E-state index contributed by atoms with van der Waals surface area (Å²) in [6.07, 6.45) is -3.83. The molecule has 0 spiro atoms. The van der Waals surface area contributed by atoms with Gasteiger partial charge < -0.3 is 10.1 Å². The number of rotatable bonds is 5. The van der Waals surface area contributed by atoms with Gasteiger partial charge in [0.2, 0.25) is 0 Å². The number of halogens is 3. The van der Waals surface area contributed by atoms with Crippen LogP contribution in [0.2, 0.25) is 0 Å². The Morgan fingerprint density at radius 1 is 1.40 bits per heavy atom. The quantitative estimate of drug-likeness (QED) is 0.555. The molecule has 0 heterocycles. The standard InChI is InChI=1S/C8H10F3NO3/c1-2-15-7(14)5-12-4-3-6(13)8(9,10)11/h3-4,12H,2,5H2,1H3/b4-3-. The van der Waals surface area contributed by atoms with E-state index in [0.717, 1.165) is 6.20 Å². The van der Waals surface area contributed by atoms with Gasteiger partial charge in [-0.05, 0) is 6.92 Å². The van der Waals surface area contributed by atoms with Gasteiger partial charge in [0.1, 0.15) is 6.54 Å². The SMILES string of the molecule is CCOC(=O)CN/C=C\C(=O)C(F)(F)F. The lowest BCUT2D eigenvalue weighted by Crippen LogP contribution is -2.23. The molecule has 1 N–H and O–H groups in total. The van der Waals surface area contributed by atoms with Crippen LogP contribution >= 0.6 is 0 Å². The Kier molecular flexibility index (Phi) is 5.43. The highest BCUT2D eigenvalue weighted by atomic mass is 19.4. The second kappa shape index (κ2) is 6.05. The summed E-state index contributed by atoms with van der Waals surface area (Å²) in [6, 6.07) is 0. The number of hydrogen-bond donors (Lipinski definition) is 1. The lowest BCUT2D eigenvalue weighted by Gasteiger charge is -2.01. The van der Waals surface area contributed by atoms with E-state index < -0.39 is 17.9 Å². The Bertz CT molecular complexity index is 260. The normalized spacial score (nSPS) is 11.5. The summed E-state index contributed by atoms with van der Waals surface area (Å²) in [5.74, 6) is -2.60. The maximum absolute atomic E-state index is 11.6. The number of allylic oxidation sites excluding steroid dienone is 1. The van der Waals surface area contributed by atoms with E-state index >= 15 is 0 Å². The lowest BCUT2D eigenvalue weighted by molar-refractivity contribution is -0.165. The van der Waals surface area contributed by atoms with Crippen LogP contribution in [0.5, 0.6) is 0 Å². The number of ketones is 1. The van der Waals surface area contributed by atoms with Gasteiger partial charge in [0.25, 0.3) is 5.78 Å². The maximum atomic E-state index is 11.6. The molecule has 0 saturated carbocycles. The van der Waals surface area contributed by atoms with Crippen LogP contribution in [-0.4, -0.2) is 31.1 Å². The van der Waals surface area contributed by atoms with Gasteiger partial charge in [0.15, 0.2) is 0 Å². The molecule has 0 aromatic heterocycles. The number of esters is 1. The van der Waals surface area contributed by atoms with Crippen LogP contribution in [0.1, 0.15) is 6.92 Å². The van der Waals surface area contributed by atoms with Crippen LogP contribution in [0.15, 0.2) is 12.3 Å². The second-order valence-electron chi connectivity index (χ2n) is 2.38.